The van der Waals surface area contributed by atoms with Crippen molar-refractivity contribution in [2.75, 3.05) is 5.32 Å². The predicted octanol–water partition coefficient (Wildman–Crippen LogP) is 4.53. The van der Waals surface area contributed by atoms with Gasteiger partial charge in [-0.25, -0.2) is 9.37 Å². The molecule has 4 aromatic rings. The Kier molecular flexibility index (Phi) is 5.54. The van der Waals surface area contributed by atoms with Crippen LogP contribution in [0.15, 0.2) is 60.0 Å². The molecule has 0 unspecified atom stereocenters. The van der Waals surface area contributed by atoms with Crippen molar-refractivity contribution in [3.63, 3.8) is 0 Å². The fourth-order valence-electron chi connectivity index (χ4n) is 2.96. The molecule has 1 N–H and O–H groups in total. The summed E-state index contributed by atoms with van der Waals surface area (Å²) in [5, 5.41) is 20.4. The number of rotatable bonds is 6. The van der Waals surface area contributed by atoms with Crippen LogP contribution in [0.3, 0.4) is 0 Å². The lowest BCUT2D eigenvalue weighted by Gasteiger charge is -2.07. The molecule has 0 saturated carbocycles. The number of nitrogens with one attached hydrogen (secondary N) is 1. The number of carbonyl (C=O) groups is 1. The van der Waals surface area contributed by atoms with E-state index in [1.165, 1.54) is 35.6 Å². The second kappa shape index (κ2) is 8.44. The smallest absolute Gasteiger partial charge is 0.269 e. The largest absolute Gasteiger partial charge is 0.310 e. The third kappa shape index (κ3) is 4.64. The number of carbonyl (C=O) groups excluding carboxylic acids is 1. The second-order valence-electron chi connectivity index (χ2n) is 6.75. The van der Waals surface area contributed by atoms with Crippen molar-refractivity contribution < 1.29 is 14.1 Å². The quantitative estimate of drug-likeness (QED) is 0.353. The predicted molar refractivity (Wildman–Crippen MR) is 115 cm³/mol. The zero-order chi connectivity index (χ0) is 22.0. The van der Waals surface area contributed by atoms with Gasteiger partial charge in [0.05, 0.1) is 22.7 Å². The van der Waals surface area contributed by atoms with Crippen molar-refractivity contribution >= 4 is 28.7 Å². The molecule has 8 nitrogen and oxygen atoms in total. The molecule has 0 atom stereocenters. The summed E-state index contributed by atoms with van der Waals surface area (Å²) in [6.07, 6.45) is 0.0565. The molecule has 0 spiro atoms. The van der Waals surface area contributed by atoms with Gasteiger partial charge in [-0.2, -0.15) is 9.78 Å². The number of amides is 1. The highest BCUT2D eigenvalue weighted by Gasteiger charge is 2.15. The van der Waals surface area contributed by atoms with E-state index >= 15 is 0 Å². The Balaban J connectivity index is 1.51. The first-order valence-electron chi connectivity index (χ1n) is 9.21. The Morgan fingerprint density at radius 1 is 1.19 bits per heavy atom. The number of benzene rings is 2. The zero-order valence-corrected chi connectivity index (χ0v) is 17.1. The van der Waals surface area contributed by atoms with Gasteiger partial charge in [-0.05, 0) is 36.8 Å². The van der Waals surface area contributed by atoms with Gasteiger partial charge in [0.15, 0.2) is 0 Å². The average Bonchev–Trinajstić information content (AvgIpc) is 3.35. The molecule has 2 aromatic carbocycles. The number of non-ortho nitro benzene ring substituents is 1. The molecular formula is C21H16FN5O3S. The second-order valence-corrected chi connectivity index (χ2v) is 7.59. The molecule has 1 amide bonds. The average molecular weight is 437 g/mol. The molecule has 0 aliphatic heterocycles. The van der Waals surface area contributed by atoms with Gasteiger partial charge in [-0.3, -0.25) is 14.9 Å². The molecule has 10 heteroatoms. The Hall–Kier alpha value is -3.92. The van der Waals surface area contributed by atoms with Crippen molar-refractivity contribution in [3.8, 4) is 16.4 Å². The van der Waals surface area contributed by atoms with E-state index in [0.717, 1.165) is 5.56 Å². The van der Waals surface area contributed by atoms with Gasteiger partial charge in [-0.1, -0.05) is 12.1 Å². The fraction of sp³-hybridized carbons (Fsp3) is 0.0952. The van der Waals surface area contributed by atoms with Crippen LogP contribution in [-0.2, 0) is 11.2 Å². The van der Waals surface area contributed by atoms with Crippen molar-refractivity contribution in [3.05, 3.63) is 87.2 Å². The minimum absolute atomic E-state index is 0.0291. The Labute approximate surface area is 180 Å². The molecule has 31 heavy (non-hydrogen) atoms. The number of thiazole rings is 1. The lowest BCUT2D eigenvalue weighted by Crippen LogP contribution is -2.17. The van der Waals surface area contributed by atoms with Gasteiger partial charge in [0.1, 0.15) is 11.6 Å². The van der Waals surface area contributed by atoms with E-state index in [9.17, 15) is 19.3 Å². The molecule has 0 saturated heterocycles. The zero-order valence-electron chi connectivity index (χ0n) is 16.3. The summed E-state index contributed by atoms with van der Waals surface area (Å²) in [7, 11) is 0. The maximum atomic E-state index is 13.2. The maximum Gasteiger partial charge on any atom is 0.269 e. The summed E-state index contributed by atoms with van der Waals surface area (Å²) in [5.74, 6) is -0.144. The van der Waals surface area contributed by atoms with E-state index in [-0.39, 0.29) is 23.8 Å². The Bertz CT molecular complexity index is 1250. The maximum absolute atomic E-state index is 13.2. The van der Waals surface area contributed by atoms with E-state index in [0.29, 0.717) is 27.9 Å². The number of nitro groups is 1. The van der Waals surface area contributed by atoms with Crippen LogP contribution < -0.4 is 5.32 Å². The van der Waals surface area contributed by atoms with Crippen LogP contribution in [0.5, 0.6) is 0 Å². The molecule has 0 fully saturated rings. The van der Waals surface area contributed by atoms with Gasteiger partial charge in [0.2, 0.25) is 11.0 Å². The molecule has 2 heterocycles. The highest BCUT2D eigenvalue weighted by molar-refractivity contribution is 7.12. The van der Waals surface area contributed by atoms with Crippen LogP contribution in [-0.4, -0.2) is 25.6 Å². The number of nitrogens with zero attached hydrogens (tertiary/aromatic N) is 4. The molecule has 0 bridgehead atoms. The van der Waals surface area contributed by atoms with E-state index in [1.54, 1.807) is 41.9 Å². The lowest BCUT2D eigenvalue weighted by atomic mass is 10.1. The minimum atomic E-state index is -0.487. The summed E-state index contributed by atoms with van der Waals surface area (Å²) in [4.78, 5) is 27.3. The fourth-order valence-corrected chi connectivity index (χ4v) is 3.75. The SMILES string of the molecule is Cc1cc(NC(=O)Cc2ccc([N+](=O)[O-])cc2)n(-c2nc(-c3ccc(F)cc3)cs2)n1. The molecule has 0 aliphatic rings. The number of hydrogen-bond donors (Lipinski definition) is 1. The van der Waals surface area contributed by atoms with Crippen molar-refractivity contribution in [2.24, 2.45) is 0 Å². The summed E-state index contributed by atoms with van der Waals surface area (Å²) in [6.45, 7) is 1.80. The third-order valence-electron chi connectivity index (χ3n) is 4.42. The van der Waals surface area contributed by atoms with E-state index in [2.05, 4.69) is 15.4 Å². The summed E-state index contributed by atoms with van der Waals surface area (Å²) in [6, 6.07) is 13.6. The van der Waals surface area contributed by atoms with Crippen LogP contribution in [0.25, 0.3) is 16.4 Å². The van der Waals surface area contributed by atoms with Gasteiger partial charge in [0.25, 0.3) is 5.69 Å². The standard InChI is InChI=1S/C21H16FN5O3S/c1-13-10-19(24-20(28)11-14-2-8-17(9-3-14)27(29)30)26(25-13)21-23-18(12-31-21)15-4-6-16(22)7-5-15/h2-10,12H,11H2,1H3,(H,24,28). The van der Waals surface area contributed by atoms with E-state index in [4.69, 9.17) is 0 Å². The Morgan fingerprint density at radius 2 is 1.90 bits per heavy atom. The summed E-state index contributed by atoms with van der Waals surface area (Å²) < 4.78 is 14.7. The van der Waals surface area contributed by atoms with Gasteiger partial charge < -0.3 is 5.32 Å². The van der Waals surface area contributed by atoms with Crippen molar-refractivity contribution in [2.45, 2.75) is 13.3 Å². The number of aryl methyl sites for hydroxylation is 1. The highest BCUT2D eigenvalue weighted by Crippen LogP contribution is 2.26. The van der Waals surface area contributed by atoms with Crippen molar-refractivity contribution in [1.29, 1.82) is 0 Å². The van der Waals surface area contributed by atoms with E-state index in [1.807, 2.05) is 5.38 Å². The van der Waals surface area contributed by atoms with Gasteiger partial charge in [-0.15, -0.1) is 11.3 Å². The molecule has 0 radical (unpaired) electrons. The number of anilines is 1. The summed E-state index contributed by atoms with van der Waals surface area (Å²) >= 11 is 1.35. The first-order valence-corrected chi connectivity index (χ1v) is 10.1. The minimum Gasteiger partial charge on any atom is -0.310 e. The van der Waals surface area contributed by atoms with Gasteiger partial charge in [0, 0.05) is 29.1 Å². The van der Waals surface area contributed by atoms with Crippen LogP contribution in [0.1, 0.15) is 11.3 Å². The monoisotopic (exact) mass is 437 g/mol. The number of halogens is 1. The first kappa shape index (κ1) is 20.4. The van der Waals surface area contributed by atoms with Crippen LogP contribution in [0.4, 0.5) is 15.9 Å². The van der Waals surface area contributed by atoms with Gasteiger partial charge >= 0.3 is 0 Å². The number of aromatic nitrogens is 3. The first-order chi connectivity index (χ1) is 14.9. The topological polar surface area (TPSA) is 103 Å². The third-order valence-corrected chi connectivity index (χ3v) is 5.24. The van der Waals surface area contributed by atoms with Crippen LogP contribution in [0.2, 0.25) is 0 Å². The van der Waals surface area contributed by atoms with Crippen molar-refractivity contribution in [1.82, 2.24) is 14.8 Å². The molecule has 0 aliphatic carbocycles. The molecule has 4 rings (SSSR count). The Morgan fingerprint density at radius 3 is 2.58 bits per heavy atom. The molecule has 2 aromatic heterocycles. The highest BCUT2D eigenvalue weighted by atomic mass is 32.1. The molecular weight excluding hydrogens is 421 g/mol. The normalized spacial score (nSPS) is 10.8. The number of nitro benzene ring substituents is 1. The lowest BCUT2D eigenvalue weighted by molar-refractivity contribution is -0.384. The van der Waals surface area contributed by atoms with Crippen LogP contribution >= 0.6 is 11.3 Å². The summed E-state index contributed by atoms with van der Waals surface area (Å²) in [5.41, 5.74) is 2.77. The van der Waals surface area contributed by atoms with E-state index < -0.39 is 4.92 Å². The number of hydrogen-bond acceptors (Lipinski definition) is 6. The molecule has 156 valence electrons. The van der Waals surface area contributed by atoms with Crippen LogP contribution in [0, 0.1) is 22.9 Å².